The maximum Gasteiger partial charge on any atom is 0.273 e. The smallest absolute Gasteiger partial charge is 0.273 e. The number of amides is 2. The van der Waals surface area contributed by atoms with Crippen LogP contribution in [-0.2, 0) is 11.3 Å². The van der Waals surface area contributed by atoms with Crippen LogP contribution in [0.5, 0.6) is 0 Å². The minimum Gasteiger partial charge on any atom is -0.448 e. The molecule has 0 bridgehead atoms. The lowest BCUT2D eigenvalue weighted by atomic mass is 9.92. The number of aryl methyl sites for hydroxylation is 1. The Morgan fingerprint density at radius 2 is 1.96 bits per heavy atom. The Labute approximate surface area is 145 Å². The van der Waals surface area contributed by atoms with E-state index >= 15 is 0 Å². The summed E-state index contributed by atoms with van der Waals surface area (Å²) in [5, 5.41) is 2.82. The first kappa shape index (κ1) is 17.1. The normalized spacial score (nSPS) is 15.2. The van der Waals surface area contributed by atoms with Crippen LogP contribution in [0.4, 0.5) is 0 Å². The molecule has 0 atom stereocenters. The van der Waals surface area contributed by atoms with Crippen molar-refractivity contribution in [2.24, 2.45) is 0 Å². The van der Waals surface area contributed by atoms with Gasteiger partial charge < -0.3 is 14.6 Å². The van der Waals surface area contributed by atoms with E-state index in [2.05, 4.69) is 20.3 Å². The number of aromatic nitrogens is 3. The predicted octanol–water partition coefficient (Wildman–Crippen LogP) is 1.43. The molecule has 0 unspecified atom stereocenters. The zero-order valence-corrected chi connectivity index (χ0v) is 14.4. The van der Waals surface area contributed by atoms with Gasteiger partial charge in [0.25, 0.3) is 5.91 Å². The zero-order chi connectivity index (χ0) is 17.8. The summed E-state index contributed by atoms with van der Waals surface area (Å²) in [7, 11) is 0. The van der Waals surface area contributed by atoms with Crippen LogP contribution in [0.15, 0.2) is 23.2 Å². The molecule has 8 nitrogen and oxygen atoms in total. The lowest BCUT2D eigenvalue weighted by Crippen LogP contribution is -2.37. The molecule has 1 saturated heterocycles. The Balaban J connectivity index is 1.66. The second-order valence-electron chi connectivity index (χ2n) is 6.11. The van der Waals surface area contributed by atoms with Gasteiger partial charge in [0.1, 0.15) is 5.76 Å². The number of likely N-dealkylation sites (tertiary alicyclic amines) is 1. The summed E-state index contributed by atoms with van der Waals surface area (Å²) >= 11 is 0. The summed E-state index contributed by atoms with van der Waals surface area (Å²) < 4.78 is 5.05. The van der Waals surface area contributed by atoms with Crippen LogP contribution in [0.2, 0.25) is 0 Å². The fourth-order valence-electron chi connectivity index (χ4n) is 3.09. The Kier molecular flexibility index (Phi) is 5.06. The highest BCUT2D eigenvalue weighted by atomic mass is 16.3. The van der Waals surface area contributed by atoms with E-state index in [-0.39, 0.29) is 30.0 Å². The van der Waals surface area contributed by atoms with Crippen molar-refractivity contribution in [3.63, 3.8) is 0 Å². The van der Waals surface area contributed by atoms with Gasteiger partial charge in [0, 0.05) is 38.3 Å². The van der Waals surface area contributed by atoms with E-state index in [0.29, 0.717) is 5.76 Å². The highest BCUT2D eigenvalue weighted by Crippen LogP contribution is 2.28. The first-order valence-electron chi connectivity index (χ1n) is 8.30. The Bertz CT molecular complexity index is 765. The SMILES string of the molecule is CC(=O)N1CCC(c2nccnc2CNC(=O)c2ncoc2C)CC1. The van der Waals surface area contributed by atoms with Crippen LogP contribution in [0.1, 0.15) is 53.3 Å². The van der Waals surface area contributed by atoms with Gasteiger partial charge in [-0.25, -0.2) is 4.98 Å². The molecule has 1 aliphatic heterocycles. The first-order valence-corrected chi connectivity index (χ1v) is 8.30. The summed E-state index contributed by atoms with van der Waals surface area (Å²) in [5.74, 6) is 0.528. The van der Waals surface area contributed by atoms with Crippen LogP contribution >= 0.6 is 0 Å². The second kappa shape index (κ2) is 7.42. The van der Waals surface area contributed by atoms with Crippen LogP contribution in [0.25, 0.3) is 0 Å². The maximum atomic E-state index is 12.2. The molecule has 1 aliphatic rings. The number of nitrogens with one attached hydrogen (secondary N) is 1. The summed E-state index contributed by atoms with van der Waals surface area (Å²) in [6.07, 6.45) is 6.24. The highest BCUT2D eigenvalue weighted by Gasteiger charge is 2.25. The monoisotopic (exact) mass is 343 g/mol. The van der Waals surface area contributed by atoms with Gasteiger partial charge in [-0.3, -0.25) is 19.6 Å². The molecule has 0 aliphatic carbocycles. The molecule has 2 aromatic heterocycles. The number of rotatable bonds is 4. The quantitative estimate of drug-likeness (QED) is 0.901. The number of carbonyl (C=O) groups excluding carboxylic acids is 2. The molecule has 0 radical (unpaired) electrons. The summed E-state index contributed by atoms with van der Waals surface area (Å²) in [6.45, 7) is 5.01. The van der Waals surface area contributed by atoms with Crippen LogP contribution < -0.4 is 5.32 Å². The fraction of sp³-hybridized carbons (Fsp3) is 0.471. The van der Waals surface area contributed by atoms with E-state index < -0.39 is 0 Å². The number of carbonyl (C=O) groups is 2. The molecule has 0 spiro atoms. The van der Waals surface area contributed by atoms with Gasteiger partial charge in [-0.1, -0.05) is 0 Å². The lowest BCUT2D eigenvalue weighted by Gasteiger charge is -2.31. The average molecular weight is 343 g/mol. The standard InChI is InChI=1S/C17H21N5O3/c1-11-15(21-10-25-11)17(24)20-9-14-16(19-6-5-18-14)13-3-7-22(8-4-13)12(2)23/h5-6,10,13H,3-4,7-9H2,1-2H3,(H,20,24). The maximum absolute atomic E-state index is 12.2. The van der Waals surface area contributed by atoms with Crippen molar-refractivity contribution >= 4 is 11.8 Å². The van der Waals surface area contributed by atoms with E-state index in [0.717, 1.165) is 37.3 Å². The molecule has 2 amide bonds. The molecule has 2 aromatic rings. The van der Waals surface area contributed by atoms with Gasteiger partial charge in [-0.2, -0.15) is 0 Å². The van der Waals surface area contributed by atoms with E-state index in [4.69, 9.17) is 4.42 Å². The number of oxazole rings is 1. The van der Waals surface area contributed by atoms with Gasteiger partial charge in [0.05, 0.1) is 17.9 Å². The third kappa shape index (κ3) is 3.84. The molecule has 132 valence electrons. The summed E-state index contributed by atoms with van der Waals surface area (Å²) in [5.41, 5.74) is 1.92. The van der Waals surface area contributed by atoms with E-state index in [9.17, 15) is 9.59 Å². The Morgan fingerprint density at radius 3 is 2.60 bits per heavy atom. The van der Waals surface area contributed by atoms with E-state index in [1.54, 1.807) is 26.2 Å². The molecule has 1 fully saturated rings. The number of piperidine rings is 1. The molecular formula is C17H21N5O3. The van der Waals surface area contributed by atoms with Crippen molar-refractivity contribution in [2.45, 2.75) is 39.2 Å². The highest BCUT2D eigenvalue weighted by molar-refractivity contribution is 5.92. The predicted molar refractivity (Wildman–Crippen MR) is 88.7 cm³/mol. The topological polar surface area (TPSA) is 101 Å². The lowest BCUT2D eigenvalue weighted by molar-refractivity contribution is -0.129. The molecule has 3 rings (SSSR count). The van der Waals surface area contributed by atoms with Gasteiger partial charge >= 0.3 is 0 Å². The van der Waals surface area contributed by atoms with Crippen LogP contribution in [-0.4, -0.2) is 44.8 Å². The Hall–Kier alpha value is -2.77. The summed E-state index contributed by atoms with van der Waals surface area (Å²) in [4.78, 5) is 38.3. The van der Waals surface area contributed by atoms with Crippen molar-refractivity contribution < 1.29 is 14.0 Å². The average Bonchev–Trinajstić information content (AvgIpc) is 3.06. The third-order valence-electron chi connectivity index (χ3n) is 4.51. The van der Waals surface area contributed by atoms with Crippen molar-refractivity contribution in [3.8, 4) is 0 Å². The van der Waals surface area contributed by atoms with Crippen LogP contribution in [0.3, 0.4) is 0 Å². The first-order chi connectivity index (χ1) is 12.1. The second-order valence-corrected chi connectivity index (χ2v) is 6.11. The Morgan fingerprint density at radius 1 is 1.24 bits per heavy atom. The molecule has 0 saturated carbocycles. The molecule has 25 heavy (non-hydrogen) atoms. The minimum absolute atomic E-state index is 0.105. The molecule has 0 aromatic carbocycles. The van der Waals surface area contributed by atoms with Gasteiger partial charge in [-0.15, -0.1) is 0 Å². The summed E-state index contributed by atoms with van der Waals surface area (Å²) in [6, 6.07) is 0. The fourth-order valence-corrected chi connectivity index (χ4v) is 3.09. The van der Waals surface area contributed by atoms with E-state index in [1.165, 1.54) is 6.39 Å². The number of nitrogens with zero attached hydrogens (tertiary/aromatic N) is 4. The van der Waals surface area contributed by atoms with Gasteiger partial charge in [-0.05, 0) is 19.8 Å². The zero-order valence-electron chi connectivity index (χ0n) is 14.4. The molecule has 1 N–H and O–H groups in total. The number of hydrogen-bond donors (Lipinski definition) is 1. The van der Waals surface area contributed by atoms with Crippen LogP contribution in [0, 0.1) is 6.92 Å². The van der Waals surface area contributed by atoms with Crippen molar-refractivity contribution in [2.75, 3.05) is 13.1 Å². The molecule has 8 heteroatoms. The van der Waals surface area contributed by atoms with Gasteiger partial charge in [0.2, 0.25) is 5.91 Å². The van der Waals surface area contributed by atoms with E-state index in [1.807, 2.05) is 4.90 Å². The van der Waals surface area contributed by atoms with Crippen molar-refractivity contribution in [1.82, 2.24) is 25.2 Å². The molecule has 3 heterocycles. The van der Waals surface area contributed by atoms with Crippen molar-refractivity contribution in [1.29, 1.82) is 0 Å². The largest absolute Gasteiger partial charge is 0.448 e. The molecular weight excluding hydrogens is 322 g/mol. The number of hydrogen-bond acceptors (Lipinski definition) is 6. The third-order valence-corrected chi connectivity index (χ3v) is 4.51. The minimum atomic E-state index is -0.297. The van der Waals surface area contributed by atoms with Gasteiger partial charge in [0.15, 0.2) is 12.1 Å². The van der Waals surface area contributed by atoms with Crippen molar-refractivity contribution in [3.05, 3.63) is 41.6 Å².